The van der Waals surface area contributed by atoms with Crippen LogP contribution in [-0.4, -0.2) is 60.1 Å². The van der Waals surface area contributed by atoms with Crippen LogP contribution in [0.1, 0.15) is 17.5 Å². The summed E-state index contributed by atoms with van der Waals surface area (Å²) < 4.78 is 0. The monoisotopic (exact) mass is 367 g/mol. The van der Waals surface area contributed by atoms with E-state index in [0.717, 1.165) is 51.3 Å². The fraction of sp³-hybridized carbons (Fsp3) is 0.429. The minimum atomic E-state index is -0.112. The molecule has 1 aliphatic rings. The van der Waals surface area contributed by atoms with Crippen LogP contribution in [0.2, 0.25) is 0 Å². The molecule has 0 bridgehead atoms. The van der Waals surface area contributed by atoms with Crippen molar-refractivity contribution in [2.24, 2.45) is 0 Å². The first-order chi connectivity index (χ1) is 13.3. The molecule has 0 atom stereocenters. The van der Waals surface area contributed by atoms with Gasteiger partial charge < -0.3 is 15.5 Å². The molecule has 1 fully saturated rings. The van der Waals surface area contributed by atoms with Crippen LogP contribution in [0.4, 0.5) is 4.79 Å². The number of urea groups is 1. The van der Waals surface area contributed by atoms with E-state index in [1.165, 1.54) is 5.56 Å². The van der Waals surface area contributed by atoms with Crippen molar-refractivity contribution in [2.75, 3.05) is 39.3 Å². The Hall–Kier alpha value is -2.44. The highest BCUT2D eigenvalue weighted by Crippen LogP contribution is 2.08. The molecule has 3 rings (SSSR count). The van der Waals surface area contributed by atoms with Gasteiger partial charge in [-0.25, -0.2) is 4.79 Å². The van der Waals surface area contributed by atoms with Crippen LogP contribution in [0.25, 0.3) is 0 Å². The molecule has 6 nitrogen and oxygen atoms in total. The zero-order valence-corrected chi connectivity index (χ0v) is 15.8. The molecule has 2 amide bonds. The Morgan fingerprint density at radius 1 is 0.889 bits per heavy atom. The predicted octanol–water partition coefficient (Wildman–Crippen LogP) is 2.09. The first-order valence-electron chi connectivity index (χ1n) is 9.69. The number of nitrogens with one attached hydrogen (secondary N) is 2. The summed E-state index contributed by atoms with van der Waals surface area (Å²) in [7, 11) is 0. The van der Waals surface area contributed by atoms with Gasteiger partial charge in [0.05, 0.1) is 0 Å². The highest BCUT2D eigenvalue weighted by Gasteiger charge is 2.16. The van der Waals surface area contributed by atoms with Crippen LogP contribution in [-0.2, 0) is 13.1 Å². The van der Waals surface area contributed by atoms with Crippen LogP contribution in [0.5, 0.6) is 0 Å². The number of carbonyl (C=O) groups is 1. The van der Waals surface area contributed by atoms with Crippen molar-refractivity contribution in [3.05, 3.63) is 66.0 Å². The number of rotatable bonds is 8. The molecule has 0 spiro atoms. The summed E-state index contributed by atoms with van der Waals surface area (Å²) in [6.07, 6.45) is 4.43. The Balaban J connectivity index is 1.23. The first kappa shape index (κ1) is 19.3. The molecule has 27 heavy (non-hydrogen) atoms. The van der Waals surface area contributed by atoms with Gasteiger partial charge in [-0.15, -0.1) is 0 Å². The van der Waals surface area contributed by atoms with Gasteiger partial charge in [0.2, 0.25) is 0 Å². The smallest absolute Gasteiger partial charge is 0.315 e. The summed E-state index contributed by atoms with van der Waals surface area (Å²) in [4.78, 5) is 20.8. The maximum Gasteiger partial charge on any atom is 0.315 e. The quantitative estimate of drug-likeness (QED) is 0.702. The molecule has 1 aromatic carbocycles. The average molecular weight is 367 g/mol. The molecule has 0 radical (unpaired) electrons. The van der Waals surface area contributed by atoms with Gasteiger partial charge >= 0.3 is 6.03 Å². The number of aromatic nitrogens is 1. The largest absolute Gasteiger partial charge is 0.338 e. The van der Waals surface area contributed by atoms with Crippen molar-refractivity contribution in [1.82, 2.24) is 25.4 Å². The molecule has 2 N–H and O–H groups in total. The van der Waals surface area contributed by atoms with Gasteiger partial charge in [0.15, 0.2) is 0 Å². The summed E-state index contributed by atoms with van der Waals surface area (Å²) in [5.41, 5.74) is 2.43. The lowest BCUT2D eigenvalue weighted by molar-refractivity contribution is 0.126. The molecule has 1 saturated heterocycles. The third kappa shape index (κ3) is 7.00. The molecule has 1 aliphatic heterocycles. The molecule has 0 unspecified atom stereocenters. The SMILES string of the molecule is O=C(NCCCN1CCN(Cc2ccccc2)CC1)NCc1ccncc1. The fourth-order valence-electron chi connectivity index (χ4n) is 3.26. The maximum atomic E-state index is 11.8. The highest BCUT2D eigenvalue weighted by atomic mass is 16.2. The van der Waals surface area contributed by atoms with E-state index in [-0.39, 0.29) is 6.03 Å². The van der Waals surface area contributed by atoms with Crippen molar-refractivity contribution in [3.63, 3.8) is 0 Å². The molecule has 1 aromatic heterocycles. The maximum absolute atomic E-state index is 11.8. The molecule has 2 heterocycles. The van der Waals surface area contributed by atoms with Crippen LogP contribution in [0.15, 0.2) is 54.9 Å². The summed E-state index contributed by atoms with van der Waals surface area (Å²) in [5, 5.41) is 5.80. The van der Waals surface area contributed by atoms with E-state index >= 15 is 0 Å². The second kappa shape index (κ2) is 10.6. The number of hydrogen-bond donors (Lipinski definition) is 2. The van der Waals surface area contributed by atoms with Crippen molar-refractivity contribution >= 4 is 6.03 Å². The van der Waals surface area contributed by atoms with Crippen molar-refractivity contribution in [3.8, 4) is 0 Å². The number of nitrogens with zero attached hydrogens (tertiary/aromatic N) is 3. The standard InChI is InChI=1S/C21H29N5O/c27-21(24-17-19-7-10-22-11-8-19)23-9-4-12-25-13-15-26(16-14-25)18-20-5-2-1-3-6-20/h1-3,5-8,10-11H,4,9,12-18H2,(H2,23,24,27). The molecular formula is C21H29N5O. The Bertz CT molecular complexity index is 671. The lowest BCUT2D eigenvalue weighted by atomic mass is 10.2. The third-order valence-electron chi connectivity index (χ3n) is 4.85. The Morgan fingerprint density at radius 2 is 1.59 bits per heavy atom. The van der Waals surface area contributed by atoms with E-state index in [9.17, 15) is 4.79 Å². The highest BCUT2D eigenvalue weighted by molar-refractivity contribution is 5.73. The first-order valence-corrected chi connectivity index (χ1v) is 9.69. The molecule has 2 aromatic rings. The van der Waals surface area contributed by atoms with E-state index < -0.39 is 0 Å². The fourth-order valence-corrected chi connectivity index (χ4v) is 3.26. The average Bonchev–Trinajstić information content (AvgIpc) is 2.72. The van der Waals surface area contributed by atoms with Crippen LogP contribution in [0.3, 0.4) is 0 Å². The topological polar surface area (TPSA) is 60.5 Å². The van der Waals surface area contributed by atoms with Gasteiger partial charge in [-0.1, -0.05) is 30.3 Å². The summed E-state index contributed by atoms with van der Waals surface area (Å²) in [5.74, 6) is 0. The predicted molar refractivity (Wildman–Crippen MR) is 107 cm³/mol. The molecular weight excluding hydrogens is 338 g/mol. The van der Waals surface area contributed by atoms with Crippen molar-refractivity contribution in [2.45, 2.75) is 19.5 Å². The Kier molecular flexibility index (Phi) is 7.62. The summed E-state index contributed by atoms with van der Waals surface area (Å²) in [6.45, 7) is 7.70. The number of amides is 2. The minimum absolute atomic E-state index is 0.112. The number of pyridine rings is 1. The van der Waals surface area contributed by atoms with E-state index in [2.05, 4.69) is 55.7 Å². The van der Waals surface area contributed by atoms with Crippen LogP contribution in [0, 0.1) is 0 Å². The summed E-state index contributed by atoms with van der Waals surface area (Å²) in [6, 6.07) is 14.3. The van der Waals surface area contributed by atoms with Gasteiger partial charge in [0, 0.05) is 58.2 Å². The van der Waals surface area contributed by atoms with Gasteiger partial charge in [0.25, 0.3) is 0 Å². The van der Waals surface area contributed by atoms with E-state index in [1.54, 1.807) is 12.4 Å². The van der Waals surface area contributed by atoms with E-state index in [0.29, 0.717) is 13.1 Å². The van der Waals surface area contributed by atoms with Crippen molar-refractivity contribution in [1.29, 1.82) is 0 Å². The van der Waals surface area contributed by atoms with Gasteiger partial charge in [-0.05, 0) is 36.2 Å². The number of carbonyl (C=O) groups excluding carboxylic acids is 1. The minimum Gasteiger partial charge on any atom is -0.338 e. The number of benzene rings is 1. The lowest BCUT2D eigenvalue weighted by Gasteiger charge is -2.34. The second-order valence-electron chi connectivity index (χ2n) is 6.92. The molecule has 6 heteroatoms. The van der Waals surface area contributed by atoms with Gasteiger partial charge in [0.1, 0.15) is 0 Å². The molecule has 0 saturated carbocycles. The zero-order valence-electron chi connectivity index (χ0n) is 15.8. The molecule has 144 valence electrons. The number of piperazine rings is 1. The second-order valence-corrected chi connectivity index (χ2v) is 6.92. The third-order valence-corrected chi connectivity index (χ3v) is 4.85. The Morgan fingerprint density at radius 3 is 2.33 bits per heavy atom. The molecule has 0 aliphatic carbocycles. The van der Waals surface area contributed by atoms with E-state index in [4.69, 9.17) is 0 Å². The van der Waals surface area contributed by atoms with E-state index in [1.807, 2.05) is 12.1 Å². The number of hydrogen-bond acceptors (Lipinski definition) is 4. The van der Waals surface area contributed by atoms with Crippen LogP contribution >= 0.6 is 0 Å². The van der Waals surface area contributed by atoms with Crippen LogP contribution < -0.4 is 10.6 Å². The van der Waals surface area contributed by atoms with Gasteiger partial charge in [-0.3, -0.25) is 9.88 Å². The summed E-state index contributed by atoms with van der Waals surface area (Å²) >= 11 is 0. The zero-order chi connectivity index (χ0) is 18.7. The normalized spacial score (nSPS) is 15.4. The van der Waals surface area contributed by atoms with Gasteiger partial charge in [-0.2, -0.15) is 0 Å². The lowest BCUT2D eigenvalue weighted by Crippen LogP contribution is -2.46. The Labute approximate surface area is 161 Å². The van der Waals surface area contributed by atoms with Crippen molar-refractivity contribution < 1.29 is 4.79 Å².